The molecule has 0 unspecified atom stereocenters. The second-order valence-electron chi connectivity index (χ2n) is 4.05. The standard InChI is InChI=1S/C12H11ClF3N3O/c13-3-4-17-11(20)18-8-1-2-9-7(5-8)6-10(19-9)12(14,15)16/h1-2,5-6,19H,3-4H2,(H2,17,18,20). The van der Waals surface area contributed by atoms with E-state index in [4.69, 9.17) is 11.6 Å². The monoisotopic (exact) mass is 305 g/mol. The second-order valence-corrected chi connectivity index (χ2v) is 4.43. The Kier molecular flexibility index (Phi) is 4.08. The molecule has 0 radical (unpaired) electrons. The first-order valence-corrected chi connectivity index (χ1v) is 6.24. The van der Waals surface area contributed by atoms with Gasteiger partial charge in [0.1, 0.15) is 5.69 Å². The molecule has 2 aromatic rings. The van der Waals surface area contributed by atoms with E-state index in [1.54, 1.807) is 0 Å². The normalized spacial score (nSPS) is 11.6. The summed E-state index contributed by atoms with van der Waals surface area (Å²) < 4.78 is 37.7. The molecule has 20 heavy (non-hydrogen) atoms. The third-order valence-electron chi connectivity index (χ3n) is 2.56. The Morgan fingerprint density at radius 2 is 2.05 bits per heavy atom. The van der Waals surface area contributed by atoms with Gasteiger partial charge in [-0.1, -0.05) is 0 Å². The SMILES string of the molecule is O=C(NCCCl)Nc1ccc2[nH]c(C(F)(F)F)cc2c1. The van der Waals surface area contributed by atoms with Crippen LogP contribution in [0.3, 0.4) is 0 Å². The Morgan fingerprint density at radius 1 is 1.30 bits per heavy atom. The van der Waals surface area contributed by atoms with Crippen molar-refractivity contribution >= 4 is 34.2 Å². The molecule has 8 heteroatoms. The second kappa shape index (κ2) is 5.62. The number of aromatic nitrogens is 1. The Labute approximate surface area is 117 Å². The van der Waals surface area contributed by atoms with Crippen LogP contribution in [0.15, 0.2) is 24.3 Å². The van der Waals surface area contributed by atoms with Gasteiger partial charge in [0.2, 0.25) is 0 Å². The summed E-state index contributed by atoms with van der Waals surface area (Å²) in [7, 11) is 0. The first kappa shape index (κ1) is 14.5. The number of carbonyl (C=O) groups is 1. The number of aromatic amines is 1. The van der Waals surface area contributed by atoms with Gasteiger partial charge in [-0.2, -0.15) is 13.2 Å². The highest BCUT2D eigenvalue weighted by Crippen LogP contribution is 2.31. The fraction of sp³-hybridized carbons (Fsp3) is 0.250. The number of anilines is 1. The number of fused-ring (bicyclic) bond motifs is 1. The number of benzene rings is 1. The van der Waals surface area contributed by atoms with Crippen LogP contribution in [0, 0.1) is 0 Å². The van der Waals surface area contributed by atoms with E-state index in [0.29, 0.717) is 23.1 Å². The number of urea groups is 1. The summed E-state index contributed by atoms with van der Waals surface area (Å²) in [6.45, 7) is 0.304. The summed E-state index contributed by atoms with van der Waals surface area (Å²) in [6, 6.07) is 4.98. The van der Waals surface area contributed by atoms with E-state index in [0.717, 1.165) is 6.07 Å². The third-order valence-corrected chi connectivity index (χ3v) is 2.75. The van der Waals surface area contributed by atoms with Gasteiger partial charge < -0.3 is 15.6 Å². The summed E-state index contributed by atoms with van der Waals surface area (Å²) in [5, 5.41) is 5.37. The minimum Gasteiger partial charge on any atom is -0.351 e. The van der Waals surface area contributed by atoms with E-state index >= 15 is 0 Å². The highest BCUT2D eigenvalue weighted by molar-refractivity contribution is 6.18. The average molecular weight is 306 g/mol. The van der Waals surface area contributed by atoms with E-state index < -0.39 is 17.9 Å². The predicted octanol–water partition coefficient (Wildman–Crippen LogP) is 3.55. The van der Waals surface area contributed by atoms with Gasteiger partial charge in [0.05, 0.1) is 0 Å². The summed E-state index contributed by atoms with van der Waals surface area (Å²) in [5.41, 5.74) is -0.0717. The molecule has 3 N–H and O–H groups in total. The minimum atomic E-state index is -4.43. The van der Waals surface area contributed by atoms with Gasteiger partial charge >= 0.3 is 12.2 Å². The van der Waals surface area contributed by atoms with Crippen molar-refractivity contribution in [2.75, 3.05) is 17.7 Å². The summed E-state index contributed by atoms with van der Waals surface area (Å²) in [4.78, 5) is 13.7. The number of amides is 2. The fourth-order valence-electron chi connectivity index (χ4n) is 1.70. The molecule has 0 saturated carbocycles. The number of alkyl halides is 4. The zero-order chi connectivity index (χ0) is 14.8. The van der Waals surface area contributed by atoms with Gasteiger partial charge in [0.15, 0.2) is 0 Å². The lowest BCUT2D eigenvalue weighted by atomic mass is 10.2. The number of H-pyrrole nitrogens is 1. The largest absolute Gasteiger partial charge is 0.431 e. The maximum Gasteiger partial charge on any atom is 0.431 e. The van der Waals surface area contributed by atoms with Crippen LogP contribution in [0.25, 0.3) is 10.9 Å². The highest BCUT2D eigenvalue weighted by Gasteiger charge is 2.32. The molecule has 0 spiro atoms. The molecule has 0 bridgehead atoms. The Bertz CT molecular complexity index is 624. The lowest BCUT2D eigenvalue weighted by Crippen LogP contribution is -2.30. The molecule has 0 fully saturated rings. The van der Waals surface area contributed by atoms with Crippen molar-refractivity contribution in [2.45, 2.75) is 6.18 Å². The van der Waals surface area contributed by atoms with E-state index in [9.17, 15) is 18.0 Å². The number of halogens is 4. The molecule has 1 aromatic heterocycles. The van der Waals surface area contributed by atoms with Gasteiger partial charge in [0.25, 0.3) is 0 Å². The van der Waals surface area contributed by atoms with Gasteiger partial charge in [0, 0.05) is 29.0 Å². The summed E-state index contributed by atoms with van der Waals surface area (Å²) >= 11 is 5.42. The van der Waals surface area contributed by atoms with E-state index in [-0.39, 0.29) is 5.88 Å². The molecule has 0 saturated heterocycles. The first-order valence-electron chi connectivity index (χ1n) is 5.71. The lowest BCUT2D eigenvalue weighted by molar-refractivity contribution is -0.140. The van der Waals surface area contributed by atoms with Gasteiger partial charge in [-0.05, 0) is 24.3 Å². The predicted molar refractivity (Wildman–Crippen MR) is 71.0 cm³/mol. The third kappa shape index (κ3) is 3.36. The van der Waals surface area contributed by atoms with Crippen LogP contribution in [0.1, 0.15) is 5.69 Å². The summed E-state index contributed by atoms with van der Waals surface area (Å²) in [5.74, 6) is 0.277. The highest BCUT2D eigenvalue weighted by atomic mass is 35.5. The molecule has 4 nitrogen and oxygen atoms in total. The van der Waals surface area contributed by atoms with Crippen LogP contribution in [-0.2, 0) is 6.18 Å². The van der Waals surface area contributed by atoms with Crippen molar-refractivity contribution in [1.29, 1.82) is 0 Å². The van der Waals surface area contributed by atoms with Gasteiger partial charge in [-0.15, -0.1) is 11.6 Å². The van der Waals surface area contributed by atoms with E-state index in [2.05, 4.69) is 15.6 Å². The maximum absolute atomic E-state index is 12.6. The van der Waals surface area contributed by atoms with Crippen molar-refractivity contribution in [3.63, 3.8) is 0 Å². The number of carbonyl (C=O) groups excluding carboxylic acids is 1. The van der Waals surface area contributed by atoms with Crippen molar-refractivity contribution in [2.24, 2.45) is 0 Å². The Morgan fingerprint density at radius 3 is 2.70 bits per heavy atom. The number of hydrogen-bond donors (Lipinski definition) is 3. The van der Waals surface area contributed by atoms with Crippen LogP contribution in [0.2, 0.25) is 0 Å². The Balaban J connectivity index is 2.19. The smallest absolute Gasteiger partial charge is 0.351 e. The quantitative estimate of drug-likeness (QED) is 0.746. The fourth-order valence-corrected chi connectivity index (χ4v) is 1.79. The molecule has 0 aliphatic heterocycles. The molecule has 0 aliphatic carbocycles. The molecule has 1 aromatic carbocycles. The zero-order valence-electron chi connectivity index (χ0n) is 10.1. The molecule has 108 valence electrons. The van der Waals surface area contributed by atoms with Gasteiger partial charge in [-0.3, -0.25) is 0 Å². The molecule has 2 rings (SSSR count). The summed E-state index contributed by atoms with van der Waals surface area (Å²) in [6.07, 6.45) is -4.43. The minimum absolute atomic E-state index is 0.277. The van der Waals surface area contributed by atoms with Crippen molar-refractivity contribution in [3.8, 4) is 0 Å². The van der Waals surface area contributed by atoms with Crippen molar-refractivity contribution < 1.29 is 18.0 Å². The Hall–Kier alpha value is -1.89. The van der Waals surface area contributed by atoms with Crippen molar-refractivity contribution in [1.82, 2.24) is 10.3 Å². The maximum atomic E-state index is 12.6. The van der Waals surface area contributed by atoms with Gasteiger partial charge in [-0.25, -0.2) is 4.79 Å². The first-order chi connectivity index (χ1) is 9.40. The van der Waals surface area contributed by atoms with E-state index in [1.165, 1.54) is 18.2 Å². The van der Waals surface area contributed by atoms with Crippen LogP contribution in [0.4, 0.5) is 23.7 Å². The molecule has 1 heterocycles. The van der Waals surface area contributed by atoms with Crippen LogP contribution < -0.4 is 10.6 Å². The van der Waals surface area contributed by atoms with E-state index in [1.807, 2.05) is 0 Å². The van der Waals surface area contributed by atoms with Crippen LogP contribution in [0.5, 0.6) is 0 Å². The van der Waals surface area contributed by atoms with Crippen molar-refractivity contribution in [3.05, 3.63) is 30.0 Å². The molecular weight excluding hydrogens is 295 g/mol. The average Bonchev–Trinajstić information content (AvgIpc) is 2.79. The molecular formula is C12H11ClF3N3O. The topological polar surface area (TPSA) is 56.9 Å². The zero-order valence-corrected chi connectivity index (χ0v) is 10.9. The number of hydrogen-bond acceptors (Lipinski definition) is 1. The number of rotatable bonds is 3. The van der Waals surface area contributed by atoms with Crippen LogP contribution >= 0.6 is 11.6 Å². The number of nitrogens with one attached hydrogen (secondary N) is 3. The lowest BCUT2D eigenvalue weighted by Gasteiger charge is -2.06. The molecule has 0 aliphatic rings. The molecule has 2 amide bonds. The van der Waals surface area contributed by atoms with Crippen LogP contribution in [-0.4, -0.2) is 23.4 Å². The molecule has 0 atom stereocenters.